The lowest BCUT2D eigenvalue weighted by Crippen LogP contribution is -2.30. The highest BCUT2D eigenvalue weighted by atomic mass is 35.5. The number of carbonyl (C=O) groups is 1. The number of aryl methyl sites for hydroxylation is 1. The molecule has 0 fully saturated rings. The first-order valence-electron chi connectivity index (χ1n) is 8.48. The standard InChI is InChI=1S/C21H17Cl2N3O2/c1-14-5-2-6-15(11-14)13-26-10-4-8-17(21(26)28)20(27)25-24-12-16-7-3-9-18(22)19(16)23/h2-12H,13H2,1H3,(H,25,27)/b24-12-. The zero-order valence-electron chi connectivity index (χ0n) is 15.0. The van der Waals surface area contributed by atoms with Crippen LogP contribution < -0.4 is 11.0 Å². The monoisotopic (exact) mass is 413 g/mol. The maximum atomic E-state index is 12.6. The quantitative estimate of drug-likeness (QED) is 0.501. The molecule has 5 nitrogen and oxygen atoms in total. The van der Waals surface area contributed by atoms with Gasteiger partial charge < -0.3 is 4.57 Å². The fraction of sp³-hybridized carbons (Fsp3) is 0.0952. The molecule has 1 N–H and O–H groups in total. The van der Waals surface area contributed by atoms with Gasteiger partial charge in [-0.2, -0.15) is 5.10 Å². The van der Waals surface area contributed by atoms with E-state index in [2.05, 4.69) is 10.5 Å². The maximum absolute atomic E-state index is 12.6. The number of hydrogen-bond donors (Lipinski definition) is 1. The lowest BCUT2D eigenvalue weighted by molar-refractivity contribution is 0.0953. The topological polar surface area (TPSA) is 63.5 Å². The zero-order chi connectivity index (χ0) is 20.1. The molecule has 1 aromatic heterocycles. The first-order chi connectivity index (χ1) is 13.5. The summed E-state index contributed by atoms with van der Waals surface area (Å²) in [7, 11) is 0. The number of rotatable bonds is 5. The van der Waals surface area contributed by atoms with Gasteiger partial charge in [0.2, 0.25) is 0 Å². The van der Waals surface area contributed by atoms with E-state index in [0.717, 1.165) is 11.1 Å². The Balaban J connectivity index is 1.76. The molecular formula is C21H17Cl2N3O2. The molecular weight excluding hydrogens is 397 g/mol. The summed E-state index contributed by atoms with van der Waals surface area (Å²) >= 11 is 12.0. The van der Waals surface area contributed by atoms with Crippen molar-refractivity contribution >= 4 is 35.3 Å². The number of nitrogens with one attached hydrogen (secondary N) is 1. The van der Waals surface area contributed by atoms with Crippen LogP contribution in [-0.2, 0) is 6.54 Å². The summed E-state index contributed by atoms with van der Waals surface area (Å²) in [6.07, 6.45) is 3.02. The van der Waals surface area contributed by atoms with Gasteiger partial charge in [0.15, 0.2) is 0 Å². The van der Waals surface area contributed by atoms with Gasteiger partial charge in [-0.15, -0.1) is 0 Å². The molecule has 0 radical (unpaired) electrons. The lowest BCUT2D eigenvalue weighted by atomic mass is 10.1. The third kappa shape index (κ3) is 4.68. The summed E-state index contributed by atoms with van der Waals surface area (Å²) in [5, 5.41) is 4.59. The second-order valence-electron chi connectivity index (χ2n) is 6.19. The van der Waals surface area contributed by atoms with E-state index in [1.807, 2.05) is 31.2 Å². The Morgan fingerprint density at radius 2 is 1.93 bits per heavy atom. The van der Waals surface area contributed by atoms with Gasteiger partial charge in [0.05, 0.1) is 22.8 Å². The largest absolute Gasteiger partial charge is 0.310 e. The van der Waals surface area contributed by atoms with Crippen molar-refractivity contribution in [3.05, 3.63) is 103 Å². The molecule has 1 heterocycles. The van der Waals surface area contributed by atoms with Crippen molar-refractivity contribution in [2.45, 2.75) is 13.5 Å². The van der Waals surface area contributed by atoms with Gasteiger partial charge in [-0.25, -0.2) is 5.43 Å². The van der Waals surface area contributed by atoms with E-state index in [4.69, 9.17) is 23.2 Å². The highest BCUT2D eigenvalue weighted by Gasteiger charge is 2.12. The summed E-state index contributed by atoms with van der Waals surface area (Å²) in [5.41, 5.74) is 4.60. The summed E-state index contributed by atoms with van der Waals surface area (Å²) in [6.45, 7) is 2.36. The fourth-order valence-corrected chi connectivity index (χ4v) is 3.04. The molecule has 3 rings (SSSR count). The Labute approximate surface area is 172 Å². The summed E-state index contributed by atoms with van der Waals surface area (Å²) < 4.78 is 1.49. The number of aromatic nitrogens is 1. The third-order valence-electron chi connectivity index (χ3n) is 4.05. The van der Waals surface area contributed by atoms with Crippen LogP contribution in [0.4, 0.5) is 0 Å². The van der Waals surface area contributed by atoms with E-state index in [0.29, 0.717) is 22.2 Å². The molecule has 3 aromatic rings. The molecule has 2 aromatic carbocycles. The Hall–Kier alpha value is -2.89. The van der Waals surface area contributed by atoms with Crippen LogP contribution >= 0.6 is 23.2 Å². The van der Waals surface area contributed by atoms with Gasteiger partial charge in [-0.05, 0) is 30.7 Å². The normalized spacial score (nSPS) is 11.0. The van der Waals surface area contributed by atoms with Crippen LogP contribution in [0.15, 0.2) is 70.7 Å². The number of pyridine rings is 1. The van der Waals surface area contributed by atoms with Crippen molar-refractivity contribution in [3.63, 3.8) is 0 Å². The Morgan fingerprint density at radius 1 is 1.14 bits per heavy atom. The zero-order valence-corrected chi connectivity index (χ0v) is 16.5. The molecule has 0 aliphatic carbocycles. The van der Waals surface area contributed by atoms with Crippen LogP contribution in [0.25, 0.3) is 0 Å². The summed E-state index contributed by atoms with van der Waals surface area (Å²) in [4.78, 5) is 25.0. The number of amides is 1. The number of benzene rings is 2. The van der Waals surface area contributed by atoms with Crippen LogP contribution in [0.1, 0.15) is 27.0 Å². The maximum Gasteiger partial charge on any atom is 0.276 e. The van der Waals surface area contributed by atoms with Gasteiger partial charge >= 0.3 is 0 Å². The first kappa shape index (κ1) is 19.9. The molecule has 7 heteroatoms. The van der Waals surface area contributed by atoms with Crippen molar-refractivity contribution in [1.82, 2.24) is 9.99 Å². The number of halogens is 2. The summed E-state index contributed by atoms with van der Waals surface area (Å²) in [5.74, 6) is -0.599. The predicted molar refractivity (Wildman–Crippen MR) is 113 cm³/mol. The summed E-state index contributed by atoms with van der Waals surface area (Å²) in [6, 6.07) is 16.1. The molecule has 0 saturated heterocycles. The van der Waals surface area contributed by atoms with Crippen molar-refractivity contribution in [2.24, 2.45) is 5.10 Å². The molecule has 0 bridgehead atoms. The van der Waals surface area contributed by atoms with Gasteiger partial charge in [0.25, 0.3) is 11.5 Å². The van der Waals surface area contributed by atoms with Gasteiger partial charge in [0.1, 0.15) is 5.56 Å². The van der Waals surface area contributed by atoms with E-state index in [9.17, 15) is 9.59 Å². The molecule has 0 unspecified atom stereocenters. The van der Waals surface area contributed by atoms with Crippen LogP contribution in [0.3, 0.4) is 0 Å². The minimum atomic E-state index is -0.599. The Bertz CT molecular complexity index is 1110. The average Bonchev–Trinajstić information content (AvgIpc) is 2.67. The van der Waals surface area contributed by atoms with Crippen LogP contribution in [0.5, 0.6) is 0 Å². The first-order valence-corrected chi connectivity index (χ1v) is 9.23. The fourth-order valence-electron chi connectivity index (χ4n) is 2.68. The molecule has 28 heavy (non-hydrogen) atoms. The highest BCUT2D eigenvalue weighted by Crippen LogP contribution is 2.24. The molecule has 142 valence electrons. The van der Waals surface area contributed by atoms with E-state index < -0.39 is 11.5 Å². The van der Waals surface area contributed by atoms with E-state index in [-0.39, 0.29) is 5.56 Å². The molecule has 0 spiro atoms. The van der Waals surface area contributed by atoms with Gasteiger partial charge in [-0.3, -0.25) is 9.59 Å². The van der Waals surface area contributed by atoms with Crippen LogP contribution in [0, 0.1) is 6.92 Å². The Kier molecular flexibility index (Phi) is 6.29. The predicted octanol–water partition coefficient (Wildman–Crippen LogP) is 4.28. The highest BCUT2D eigenvalue weighted by molar-refractivity contribution is 6.43. The van der Waals surface area contributed by atoms with Gasteiger partial charge in [0, 0.05) is 11.8 Å². The second kappa shape index (κ2) is 8.87. The average molecular weight is 414 g/mol. The van der Waals surface area contributed by atoms with Crippen molar-refractivity contribution < 1.29 is 4.79 Å². The number of nitrogens with zero attached hydrogens (tertiary/aromatic N) is 2. The molecule has 1 amide bonds. The Morgan fingerprint density at radius 3 is 2.71 bits per heavy atom. The molecule has 0 aliphatic heterocycles. The lowest BCUT2D eigenvalue weighted by Gasteiger charge is -2.08. The van der Waals surface area contributed by atoms with Crippen LogP contribution in [-0.4, -0.2) is 16.7 Å². The number of carbonyl (C=O) groups excluding carboxylic acids is 1. The van der Waals surface area contributed by atoms with Gasteiger partial charge in [-0.1, -0.05) is 65.2 Å². The third-order valence-corrected chi connectivity index (χ3v) is 4.88. The van der Waals surface area contributed by atoms with E-state index in [1.165, 1.54) is 16.8 Å². The molecule has 0 saturated carbocycles. The second-order valence-corrected chi connectivity index (χ2v) is 6.97. The van der Waals surface area contributed by atoms with E-state index >= 15 is 0 Å². The van der Waals surface area contributed by atoms with E-state index in [1.54, 1.807) is 30.5 Å². The molecule has 0 atom stereocenters. The minimum Gasteiger partial charge on any atom is -0.310 e. The smallest absolute Gasteiger partial charge is 0.276 e. The van der Waals surface area contributed by atoms with Crippen LogP contribution in [0.2, 0.25) is 10.0 Å². The minimum absolute atomic E-state index is 0.00416. The SMILES string of the molecule is Cc1cccc(Cn2cccc(C(=O)N/N=C\c3cccc(Cl)c3Cl)c2=O)c1. The van der Waals surface area contributed by atoms with Crippen molar-refractivity contribution in [2.75, 3.05) is 0 Å². The van der Waals surface area contributed by atoms with Crippen molar-refractivity contribution in [3.8, 4) is 0 Å². The molecule has 0 aliphatic rings. The van der Waals surface area contributed by atoms with Crippen molar-refractivity contribution in [1.29, 1.82) is 0 Å². The number of hydrazone groups is 1. The number of hydrogen-bond acceptors (Lipinski definition) is 3.